The molecular formula is C22H20N2O2. The van der Waals surface area contributed by atoms with Crippen molar-refractivity contribution < 1.29 is 9.59 Å². The smallest absolute Gasteiger partial charge is 0.266 e. The molecule has 3 amide bonds. The fourth-order valence-electron chi connectivity index (χ4n) is 3.43. The Labute approximate surface area is 153 Å². The van der Waals surface area contributed by atoms with Gasteiger partial charge < -0.3 is 0 Å². The van der Waals surface area contributed by atoms with Crippen molar-refractivity contribution in [2.24, 2.45) is 0 Å². The average Bonchev–Trinajstić information content (AvgIpc) is 2.94. The Bertz CT molecular complexity index is 885. The summed E-state index contributed by atoms with van der Waals surface area (Å²) >= 11 is 0. The number of allylic oxidation sites excluding steroid dienone is 3. The van der Waals surface area contributed by atoms with Crippen LogP contribution in [0.5, 0.6) is 0 Å². The second kappa shape index (κ2) is 7.00. The molecule has 1 saturated heterocycles. The van der Waals surface area contributed by atoms with Gasteiger partial charge >= 0.3 is 6.03 Å². The van der Waals surface area contributed by atoms with Gasteiger partial charge in [0.2, 0.25) is 0 Å². The van der Waals surface area contributed by atoms with E-state index in [1.807, 2.05) is 54.6 Å². The van der Waals surface area contributed by atoms with Gasteiger partial charge in [-0.1, -0.05) is 42.5 Å². The van der Waals surface area contributed by atoms with E-state index in [1.165, 1.54) is 16.2 Å². The molecule has 0 atom stereocenters. The lowest BCUT2D eigenvalue weighted by molar-refractivity contribution is -0.113. The second-order valence-corrected chi connectivity index (χ2v) is 6.48. The minimum atomic E-state index is -0.338. The number of carbonyl (C=O) groups is 2. The van der Waals surface area contributed by atoms with E-state index in [9.17, 15) is 9.59 Å². The Morgan fingerprint density at radius 2 is 1.38 bits per heavy atom. The SMILES string of the molecule is O=C1/C(=C\C2=CCCCC2)N(c2ccccc2)C(=O)N1c1ccccc1. The standard InChI is InChI=1S/C22H20N2O2/c25-21-20(16-17-10-4-1-5-11-17)23(18-12-6-2-7-13-18)22(26)24(21)19-14-8-3-9-15-19/h2-3,6-10,12-16H,1,4-5,11H2/b20-16+. The van der Waals surface area contributed by atoms with Crippen LogP contribution in [0.2, 0.25) is 0 Å². The lowest BCUT2D eigenvalue weighted by Gasteiger charge is -2.18. The maximum absolute atomic E-state index is 13.1. The summed E-state index contributed by atoms with van der Waals surface area (Å²) in [6.45, 7) is 0. The van der Waals surface area contributed by atoms with Gasteiger partial charge in [-0.2, -0.15) is 0 Å². The molecule has 1 aliphatic carbocycles. The predicted octanol–water partition coefficient (Wildman–Crippen LogP) is 5.04. The highest BCUT2D eigenvalue weighted by atomic mass is 16.2. The molecule has 0 aromatic heterocycles. The van der Waals surface area contributed by atoms with Gasteiger partial charge in [-0.05, 0) is 61.6 Å². The molecule has 2 aliphatic rings. The topological polar surface area (TPSA) is 40.6 Å². The van der Waals surface area contributed by atoms with Gasteiger partial charge in [-0.25, -0.2) is 9.69 Å². The molecule has 0 N–H and O–H groups in total. The van der Waals surface area contributed by atoms with Crippen molar-refractivity contribution in [1.82, 2.24) is 0 Å². The number of hydrogen-bond donors (Lipinski definition) is 0. The normalized spacial score (nSPS) is 19.2. The number of rotatable bonds is 3. The first-order valence-electron chi connectivity index (χ1n) is 8.95. The molecule has 0 bridgehead atoms. The molecule has 1 aliphatic heterocycles. The van der Waals surface area contributed by atoms with Crippen molar-refractivity contribution in [3.05, 3.63) is 84.1 Å². The lowest BCUT2D eigenvalue weighted by atomic mass is 9.98. The van der Waals surface area contributed by atoms with Crippen LogP contribution in [0.4, 0.5) is 16.2 Å². The Morgan fingerprint density at radius 3 is 1.96 bits per heavy atom. The first kappa shape index (κ1) is 16.3. The molecule has 0 radical (unpaired) electrons. The largest absolute Gasteiger partial charge is 0.340 e. The minimum Gasteiger partial charge on any atom is -0.266 e. The second-order valence-electron chi connectivity index (χ2n) is 6.48. The molecule has 0 saturated carbocycles. The zero-order valence-corrected chi connectivity index (χ0v) is 14.5. The zero-order chi connectivity index (χ0) is 17.9. The van der Waals surface area contributed by atoms with Gasteiger partial charge in [0.1, 0.15) is 5.70 Å². The first-order valence-corrected chi connectivity index (χ1v) is 8.95. The van der Waals surface area contributed by atoms with Gasteiger partial charge in [0, 0.05) is 0 Å². The van der Waals surface area contributed by atoms with Crippen LogP contribution in [0.3, 0.4) is 0 Å². The average molecular weight is 344 g/mol. The number of amides is 3. The maximum Gasteiger partial charge on any atom is 0.340 e. The monoisotopic (exact) mass is 344 g/mol. The Kier molecular flexibility index (Phi) is 4.40. The maximum atomic E-state index is 13.1. The summed E-state index contributed by atoms with van der Waals surface area (Å²) in [4.78, 5) is 29.1. The summed E-state index contributed by atoms with van der Waals surface area (Å²) in [5.41, 5.74) is 2.83. The molecule has 26 heavy (non-hydrogen) atoms. The third-order valence-corrected chi connectivity index (χ3v) is 4.72. The molecule has 2 aromatic carbocycles. The summed E-state index contributed by atoms with van der Waals surface area (Å²) in [6.07, 6.45) is 8.31. The van der Waals surface area contributed by atoms with E-state index in [1.54, 1.807) is 12.1 Å². The lowest BCUT2D eigenvalue weighted by Crippen LogP contribution is -2.32. The van der Waals surface area contributed by atoms with Gasteiger partial charge in [-0.15, -0.1) is 0 Å². The van der Waals surface area contributed by atoms with Gasteiger partial charge in [0.15, 0.2) is 0 Å². The van der Waals surface area contributed by atoms with Crippen molar-refractivity contribution >= 4 is 23.3 Å². The quantitative estimate of drug-likeness (QED) is 0.578. The third kappa shape index (κ3) is 2.94. The molecule has 1 heterocycles. The highest BCUT2D eigenvalue weighted by Crippen LogP contribution is 2.33. The predicted molar refractivity (Wildman–Crippen MR) is 103 cm³/mol. The van der Waals surface area contributed by atoms with Crippen molar-refractivity contribution in [3.8, 4) is 0 Å². The summed E-state index contributed by atoms with van der Waals surface area (Å²) in [5, 5.41) is 0. The van der Waals surface area contributed by atoms with Gasteiger partial charge in [0.25, 0.3) is 5.91 Å². The minimum absolute atomic E-state index is 0.281. The number of hydrogen-bond acceptors (Lipinski definition) is 2. The molecular weight excluding hydrogens is 324 g/mol. The van der Waals surface area contributed by atoms with E-state index < -0.39 is 0 Å². The van der Waals surface area contributed by atoms with Crippen LogP contribution < -0.4 is 9.80 Å². The highest BCUT2D eigenvalue weighted by Gasteiger charge is 2.42. The third-order valence-electron chi connectivity index (χ3n) is 4.72. The van der Waals surface area contributed by atoms with E-state index >= 15 is 0 Å². The molecule has 2 aromatic rings. The number of benzene rings is 2. The van der Waals surface area contributed by atoms with Crippen molar-refractivity contribution in [2.45, 2.75) is 25.7 Å². The van der Waals surface area contributed by atoms with Crippen molar-refractivity contribution in [3.63, 3.8) is 0 Å². The molecule has 4 rings (SSSR count). The van der Waals surface area contributed by atoms with E-state index in [0.29, 0.717) is 17.1 Å². The van der Waals surface area contributed by atoms with Crippen LogP contribution in [-0.2, 0) is 4.79 Å². The number of anilines is 2. The van der Waals surface area contributed by atoms with Crippen LogP contribution in [0.15, 0.2) is 84.1 Å². The number of para-hydroxylation sites is 2. The molecule has 0 spiro atoms. The Morgan fingerprint density at radius 1 is 0.769 bits per heavy atom. The van der Waals surface area contributed by atoms with Crippen LogP contribution in [-0.4, -0.2) is 11.9 Å². The summed E-state index contributed by atoms with van der Waals surface area (Å²) in [6, 6.07) is 18.1. The summed E-state index contributed by atoms with van der Waals surface area (Å²) in [7, 11) is 0. The molecule has 0 unspecified atom stereocenters. The number of carbonyl (C=O) groups excluding carboxylic acids is 2. The molecule has 130 valence electrons. The molecule has 4 heteroatoms. The van der Waals surface area contributed by atoms with Crippen LogP contribution >= 0.6 is 0 Å². The van der Waals surface area contributed by atoms with E-state index in [-0.39, 0.29) is 11.9 Å². The van der Waals surface area contributed by atoms with Crippen molar-refractivity contribution in [2.75, 3.05) is 9.80 Å². The Balaban J connectivity index is 1.81. The first-order chi connectivity index (χ1) is 12.8. The van der Waals surface area contributed by atoms with Gasteiger partial charge in [-0.3, -0.25) is 9.69 Å². The highest BCUT2D eigenvalue weighted by molar-refractivity contribution is 6.34. The van der Waals surface area contributed by atoms with E-state index in [4.69, 9.17) is 0 Å². The number of urea groups is 1. The van der Waals surface area contributed by atoms with Crippen LogP contribution in [0, 0.1) is 0 Å². The Hall–Kier alpha value is -3.14. The fourth-order valence-corrected chi connectivity index (χ4v) is 3.43. The van der Waals surface area contributed by atoms with E-state index in [0.717, 1.165) is 24.8 Å². The summed E-state index contributed by atoms with van der Waals surface area (Å²) in [5.74, 6) is -0.281. The fraction of sp³-hybridized carbons (Fsp3) is 0.182. The van der Waals surface area contributed by atoms with Crippen LogP contribution in [0.1, 0.15) is 25.7 Å². The molecule has 1 fully saturated rings. The number of nitrogens with zero attached hydrogens (tertiary/aromatic N) is 2. The zero-order valence-electron chi connectivity index (χ0n) is 14.5. The van der Waals surface area contributed by atoms with E-state index in [2.05, 4.69) is 6.08 Å². The molecule has 4 nitrogen and oxygen atoms in total. The number of imide groups is 1. The van der Waals surface area contributed by atoms with Gasteiger partial charge in [0.05, 0.1) is 11.4 Å². The van der Waals surface area contributed by atoms with Crippen LogP contribution in [0.25, 0.3) is 0 Å². The van der Waals surface area contributed by atoms with Crippen molar-refractivity contribution in [1.29, 1.82) is 0 Å². The summed E-state index contributed by atoms with van der Waals surface area (Å²) < 4.78 is 0.